The molecule has 0 heterocycles. The predicted molar refractivity (Wildman–Crippen MR) is 137 cm³/mol. The van der Waals surface area contributed by atoms with E-state index in [2.05, 4.69) is 13.8 Å². The second kappa shape index (κ2) is 24.0. The molecule has 0 saturated carbocycles. The average Bonchev–Trinajstić information content (AvgIpc) is 2.77. The molecule has 0 bridgehead atoms. The number of unbranched alkanes of at least 4 members (excludes halogenated alkanes) is 18. The molecule has 0 amide bonds. The van der Waals surface area contributed by atoms with Crippen molar-refractivity contribution in [1.82, 2.24) is 0 Å². The molecule has 0 radical (unpaired) electrons. The van der Waals surface area contributed by atoms with Gasteiger partial charge >= 0.3 is 184 Å². The van der Waals surface area contributed by atoms with Crippen molar-refractivity contribution in [1.29, 1.82) is 0 Å². The summed E-state index contributed by atoms with van der Waals surface area (Å²) in [7, 11) is 1.11. The van der Waals surface area contributed by atoms with Gasteiger partial charge in [0.15, 0.2) is 0 Å². The average molecular weight is 449 g/mol. The zero-order valence-corrected chi connectivity index (χ0v) is 22.3. The van der Waals surface area contributed by atoms with Gasteiger partial charge in [-0.15, -0.1) is 0 Å². The van der Waals surface area contributed by atoms with Crippen molar-refractivity contribution in [2.24, 2.45) is 0 Å². The fraction of sp³-hybridized carbons (Fsp3) is 1.00. The first-order valence-electron chi connectivity index (χ1n) is 13.5. The Hall–Kier alpha value is 0.310. The molecule has 0 unspecified atom stereocenters. The summed E-state index contributed by atoms with van der Waals surface area (Å²) in [6.45, 7) is 5.36. The fourth-order valence-electron chi connectivity index (χ4n) is 4.12. The molecule has 0 aliphatic rings. The summed E-state index contributed by atoms with van der Waals surface area (Å²) >= 11 is 0. The first-order valence-corrected chi connectivity index (χ1v) is 15.4. The standard InChI is InChI=1S/C26H57O3P/c1-5-7-9-11-13-15-17-19-21-23-25-29-30(27-3,28-4)26-24-22-20-18-16-14-12-10-8-6-2/h30H,5-26H2,1-4H3. The van der Waals surface area contributed by atoms with E-state index in [-0.39, 0.29) is 0 Å². The summed E-state index contributed by atoms with van der Waals surface area (Å²) in [5, 5.41) is 0. The number of rotatable bonds is 25. The third-order valence-corrected chi connectivity index (χ3v) is 9.13. The molecule has 30 heavy (non-hydrogen) atoms. The Morgan fingerprint density at radius 3 is 1.13 bits per heavy atom. The Bertz CT molecular complexity index is 321. The Kier molecular flexibility index (Phi) is 24.2. The maximum absolute atomic E-state index is 6.18. The van der Waals surface area contributed by atoms with E-state index in [1.54, 1.807) is 14.2 Å². The van der Waals surface area contributed by atoms with Crippen LogP contribution in [0.4, 0.5) is 0 Å². The van der Waals surface area contributed by atoms with Gasteiger partial charge in [-0.05, 0) is 0 Å². The van der Waals surface area contributed by atoms with Crippen molar-refractivity contribution in [3.05, 3.63) is 0 Å². The van der Waals surface area contributed by atoms with Crippen LogP contribution in [-0.4, -0.2) is 27.0 Å². The van der Waals surface area contributed by atoms with Crippen molar-refractivity contribution in [2.45, 2.75) is 142 Å². The van der Waals surface area contributed by atoms with Crippen LogP contribution in [0.5, 0.6) is 0 Å². The summed E-state index contributed by atoms with van der Waals surface area (Å²) in [5.74, 6) is 0. The summed E-state index contributed by atoms with van der Waals surface area (Å²) in [6, 6.07) is 0. The summed E-state index contributed by atoms with van der Waals surface area (Å²) < 4.78 is 17.7. The van der Waals surface area contributed by atoms with Crippen molar-refractivity contribution < 1.29 is 13.6 Å². The molecule has 0 fully saturated rings. The first kappa shape index (κ1) is 30.3. The Morgan fingerprint density at radius 1 is 0.433 bits per heavy atom. The maximum atomic E-state index is 6.18. The molecule has 0 atom stereocenters. The molecule has 0 N–H and O–H groups in total. The molecule has 0 rings (SSSR count). The van der Waals surface area contributed by atoms with Gasteiger partial charge < -0.3 is 0 Å². The molecule has 0 aliphatic carbocycles. The molecule has 0 spiro atoms. The Morgan fingerprint density at radius 2 is 0.767 bits per heavy atom. The summed E-state index contributed by atoms with van der Waals surface area (Å²) in [6.07, 6.45) is 28.0. The molecule has 3 nitrogen and oxygen atoms in total. The second-order valence-electron chi connectivity index (χ2n) is 9.05. The van der Waals surface area contributed by atoms with E-state index in [4.69, 9.17) is 13.6 Å². The van der Waals surface area contributed by atoms with E-state index < -0.39 is 7.94 Å². The van der Waals surface area contributed by atoms with E-state index >= 15 is 0 Å². The van der Waals surface area contributed by atoms with Gasteiger partial charge in [0.25, 0.3) is 0 Å². The van der Waals surface area contributed by atoms with Crippen molar-refractivity contribution in [3.63, 3.8) is 0 Å². The van der Waals surface area contributed by atoms with Gasteiger partial charge in [-0.25, -0.2) is 0 Å². The number of hydrogen-bond acceptors (Lipinski definition) is 3. The monoisotopic (exact) mass is 448 g/mol. The molecular formula is C26H57O3P. The van der Waals surface area contributed by atoms with Gasteiger partial charge in [0.05, 0.1) is 0 Å². The second-order valence-corrected chi connectivity index (χ2v) is 12.0. The Balaban J connectivity index is 3.62. The van der Waals surface area contributed by atoms with Crippen molar-refractivity contribution in [3.8, 4) is 0 Å². The zero-order chi connectivity index (χ0) is 22.2. The predicted octanol–water partition coefficient (Wildman–Crippen LogP) is 9.63. The van der Waals surface area contributed by atoms with Crippen LogP contribution in [0.1, 0.15) is 142 Å². The normalized spacial score (nSPS) is 12.5. The fourth-order valence-corrected chi connectivity index (χ4v) is 6.22. The molecule has 184 valence electrons. The minimum absolute atomic E-state index is 0.794. The molecule has 0 aliphatic heterocycles. The van der Waals surface area contributed by atoms with Crippen molar-refractivity contribution >= 4 is 7.94 Å². The van der Waals surface area contributed by atoms with Gasteiger partial charge in [-0.1, -0.05) is 6.92 Å². The van der Waals surface area contributed by atoms with Crippen LogP contribution in [0.3, 0.4) is 0 Å². The molecule has 0 saturated heterocycles. The van der Waals surface area contributed by atoms with Crippen LogP contribution < -0.4 is 0 Å². The molecule has 4 heteroatoms. The third kappa shape index (κ3) is 19.0. The van der Waals surface area contributed by atoms with E-state index in [0.717, 1.165) is 19.2 Å². The van der Waals surface area contributed by atoms with Crippen LogP contribution in [0.2, 0.25) is 0 Å². The van der Waals surface area contributed by atoms with Crippen LogP contribution in [-0.2, 0) is 13.6 Å². The van der Waals surface area contributed by atoms with E-state index in [1.807, 2.05) is 0 Å². The van der Waals surface area contributed by atoms with Gasteiger partial charge in [0.2, 0.25) is 0 Å². The third-order valence-electron chi connectivity index (χ3n) is 6.28. The van der Waals surface area contributed by atoms with Gasteiger partial charge in [0, 0.05) is 0 Å². The SMILES string of the molecule is CCCCCCCCCCCCO[PH](CCCCCCCCCCCC)(OC)OC. The van der Waals surface area contributed by atoms with Crippen LogP contribution in [0, 0.1) is 0 Å². The summed E-state index contributed by atoms with van der Waals surface area (Å²) in [5.41, 5.74) is 0. The van der Waals surface area contributed by atoms with E-state index in [9.17, 15) is 0 Å². The Labute approximate surface area is 191 Å². The van der Waals surface area contributed by atoms with E-state index in [0.29, 0.717) is 0 Å². The molecular weight excluding hydrogens is 391 g/mol. The topological polar surface area (TPSA) is 27.7 Å². The first-order chi connectivity index (χ1) is 14.7. The quantitative estimate of drug-likeness (QED) is 0.103. The number of hydrogen-bond donors (Lipinski definition) is 0. The molecule has 0 aromatic heterocycles. The van der Waals surface area contributed by atoms with Crippen LogP contribution >= 0.6 is 7.94 Å². The molecule has 0 aromatic carbocycles. The van der Waals surface area contributed by atoms with Crippen LogP contribution in [0.25, 0.3) is 0 Å². The molecule has 0 aromatic rings. The van der Waals surface area contributed by atoms with E-state index in [1.165, 1.54) is 122 Å². The van der Waals surface area contributed by atoms with Gasteiger partial charge in [0.1, 0.15) is 0 Å². The van der Waals surface area contributed by atoms with Crippen molar-refractivity contribution in [2.75, 3.05) is 27.0 Å². The summed E-state index contributed by atoms with van der Waals surface area (Å²) in [4.78, 5) is 0. The minimum atomic E-state index is -2.43. The van der Waals surface area contributed by atoms with Gasteiger partial charge in [-0.2, -0.15) is 0 Å². The van der Waals surface area contributed by atoms with Crippen LogP contribution in [0.15, 0.2) is 0 Å². The zero-order valence-electron chi connectivity index (χ0n) is 21.3. The van der Waals surface area contributed by atoms with Gasteiger partial charge in [-0.3, -0.25) is 0 Å².